The lowest BCUT2D eigenvalue weighted by atomic mass is 10.3. The normalized spacial score (nSPS) is 11.4. The van der Waals surface area contributed by atoms with Gasteiger partial charge in [-0.25, -0.2) is 4.68 Å². The molecule has 0 aliphatic rings. The zero-order valence-corrected chi connectivity index (χ0v) is 9.85. The molecule has 1 aromatic carbocycles. The minimum atomic E-state index is -4.19. The smallest absolute Gasteiger partial charge is 0.294 e. The molecular formula is C10H11N3O3S. The van der Waals surface area contributed by atoms with Crippen LogP contribution in [-0.4, -0.2) is 29.8 Å². The largest absolute Gasteiger partial charge is 0.372 e. The fourth-order valence-electron chi connectivity index (χ4n) is 1.39. The van der Waals surface area contributed by atoms with E-state index in [1.165, 1.54) is 16.8 Å². The molecule has 0 bridgehead atoms. The van der Waals surface area contributed by atoms with Gasteiger partial charge in [-0.3, -0.25) is 4.55 Å². The van der Waals surface area contributed by atoms with Gasteiger partial charge in [-0.2, -0.15) is 13.5 Å². The van der Waals surface area contributed by atoms with E-state index < -0.39 is 10.1 Å². The Bertz CT molecular complexity index is 634. The van der Waals surface area contributed by atoms with Crippen LogP contribution in [0.2, 0.25) is 0 Å². The van der Waals surface area contributed by atoms with Crippen molar-refractivity contribution in [1.29, 1.82) is 0 Å². The van der Waals surface area contributed by atoms with Gasteiger partial charge in [0.1, 0.15) is 5.82 Å². The Morgan fingerprint density at radius 2 is 2.12 bits per heavy atom. The number of hydrogen-bond acceptors (Lipinski definition) is 4. The lowest BCUT2D eigenvalue weighted by molar-refractivity contribution is 0.483. The summed E-state index contributed by atoms with van der Waals surface area (Å²) in [5, 5.41) is 7.01. The Labute approximate surface area is 98.6 Å². The number of rotatable bonds is 3. The quantitative estimate of drug-likeness (QED) is 0.802. The van der Waals surface area contributed by atoms with Crippen LogP contribution in [0.15, 0.2) is 41.4 Å². The van der Waals surface area contributed by atoms with Crippen molar-refractivity contribution in [3.8, 4) is 5.69 Å². The summed E-state index contributed by atoms with van der Waals surface area (Å²) in [5.74, 6) is 0.669. The molecular weight excluding hydrogens is 242 g/mol. The molecule has 0 unspecified atom stereocenters. The summed E-state index contributed by atoms with van der Waals surface area (Å²) in [6.07, 6.45) is 1.69. The Kier molecular flexibility index (Phi) is 2.86. The molecule has 0 fully saturated rings. The van der Waals surface area contributed by atoms with Crippen molar-refractivity contribution in [3.63, 3.8) is 0 Å². The van der Waals surface area contributed by atoms with E-state index in [1.54, 1.807) is 31.4 Å². The number of hydrogen-bond donors (Lipinski definition) is 2. The molecule has 0 atom stereocenters. The summed E-state index contributed by atoms with van der Waals surface area (Å²) in [6, 6.07) is 7.66. The Balaban J connectivity index is 2.46. The van der Waals surface area contributed by atoms with Gasteiger partial charge in [0.05, 0.1) is 10.6 Å². The van der Waals surface area contributed by atoms with Crippen molar-refractivity contribution >= 4 is 15.9 Å². The van der Waals surface area contributed by atoms with Crippen LogP contribution in [0.3, 0.4) is 0 Å². The van der Waals surface area contributed by atoms with Crippen molar-refractivity contribution in [3.05, 3.63) is 36.5 Å². The zero-order chi connectivity index (χ0) is 12.5. The maximum absolute atomic E-state index is 11.0. The molecule has 2 rings (SSSR count). The molecule has 17 heavy (non-hydrogen) atoms. The standard InChI is InChI=1S/C10H11N3O3S/c1-11-10-5-6-13(12-10)8-3-2-4-9(7-8)17(14,15)16/h2-7H,1H3,(H,11,12)(H,14,15,16). The van der Waals surface area contributed by atoms with Crippen LogP contribution in [0.5, 0.6) is 0 Å². The highest BCUT2D eigenvalue weighted by Gasteiger charge is 2.10. The first-order valence-electron chi connectivity index (χ1n) is 4.82. The summed E-state index contributed by atoms with van der Waals surface area (Å²) in [4.78, 5) is -0.156. The van der Waals surface area contributed by atoms with Crippen LogP contribution in [0, 0.1) is 0 Å². The van der Waals surface area contributed by atoms with Gasteiger partial charge in [-0.15, -0.1) is 0 Å². The van der Waals surface area contributed by atoms with Crippen molar-refractivity contribution in [1.82, 2.24) is 9.78 Å². The van der Waals surface area contributed by atoms with Crippen molar-refractivity contribution < 1.29 is 13.0 Å². The monoisotopic (exact) mass is 253 g/mol. The molecule has 1 heterocycles. The number of nitrogens with one attached hydrogen (secondary N) is 1. The van der Waals surface area contributed by atoms with E-state index in [9.17, 15) is 8.42 Å². The van der Waals surface area contributed by atoms with E-state index in [2.05, 4.69) is 10.4 Å². The topological polar surface area (TPSA) is 84.2 Å². The van der Waals surface area contributed by atoms with Crippen molar-refractivity contribution in [2.45, 2.75) is 4.90 Å². The molecule has 0 spiro atoms. The van der Waals surface area contributed by atoms with Gasteiger partial charge in [0.15, 0.2) is 0 Å². The van der Waals surface area contributed by atoms with Gasteiger partial charge < -0.3 is 5.32 Å². The first-order valence-corrected chi connectivity index (χ1v) is 6.26. The summed E-state index contributed by atoms with van der Waals surface area (Å²) < 4.78 is 32.4. The van der Waals surface area contributed by atoms with Crippen LogP contribution < -0.4 is 5.32 Å². The summed E-state index contributed by atoms with van der Waals surface area (Å²) >= 11 is 0. The van der Waals surface area contributed by atoms with E-state index in [4.69, 9.17) is 4.55 Å². The molecule has 0 saturated heterocycles. The third-order valence-corrected chi connectivity index (χ3v) is 3.07. The van der Waals surface area contributed by atoms with Gasteiger partial charge in [-0.05, 0) is 18.2 Å². The Morgan fingerprint density at radius 3 is 2.71 bits per heavy atom. The zero-order valence-electron chi connectivity index (χ0n) is 9.03. The van der Waals surface area contributed by atoms with Gasteiger partial charge in [0.2, 0.25) is 0 Å². The van der Waals surface area contributed by atoms with Gasteiger partial charge in [0.25, 0.3) is 10.1 Å². The second-order valence-electron chi connectivity index (χ2n) is 3.37. The molecule has 0 radical (unpaired) electrons. The summed E-state index contributed by atoms with van der Waals surface area (Å²) in [7, 11) is -2.45. The van der Waals surface area contributed by atoms with E-state index >= 15 is 0 Å². The van der Waals surface area contributed by atoms with Crippen LogP contribution >= 0.6 is 0 Å². The SMILES string of the molecule is CNc1ccn(-c2cccc(S(=O)(=O)O)c2)n1. The summed E-state index contributed by atoms with van der Waals surface area (Å²) in [6.45, 7) is 0. The molecule has 0 amide bonds. The number of benzene rings is 1. The Morgan fingerprint density at radius 1 is 1.35 bits per heavy atom. The predicted octanol–water partition coefficient (Wildman–Crippen LogP) is 1.16. The molecule has 2 aromatic rings. The van der Waals surface area contributed by atoms with E-state index in [1.807, 2.05) is 0 Å². The molecule has 7 heteroatoms. The number of anilines is 1. The van der Waals surface area contributed by atoms with Gasteiger partial charge in [-0.1, -0.05) is 6.07 Å². The van der Waals surface area contributed by atoms with Gasteiger partial charge in [0, 0.05) is 19.3 Å². The third kappa shape index (κ3) is 2.45. The highest BCUT2D eigenvalue weighted by molar-refractivity contribution is 7.85. The van der Waals surface area contributed by atoms with Crippen molar-refractivity contribution in [2.24, 2.45) is 0 Å². The Hall–Kier alpha value is -1.86. The second-order valence-corrected chi connectivity index (χ2v) is 4.79. The van der Waals surface area contributed by atoms with Crippen LogP contribution in [0.4, 0.5) is 5.82 Å². The third-order valence-electron chi connectivity index (χ3n) is 2.23. The maximum Gasteiger partial charge on any atom is 0.294 e. The number of nitrogens with zero attached hydrogens (tertiary/aromatic N) is 2. The van der Waals surface area contributed by atoms with Crippen LogP contribution in [0.1, 0.15) is 0 Å². The van der Waals surface area contributed by atoms with E-state index in [0.29, 0.717) is 11.5 Å². The number of aromatic nitrogens is 2. The second kappa shape index (κ2) is 4.19. The molecule has 6 nitrogen and oxygen atoms in total. The lowest BCUT2D eigenvalue weighted by Gasteiger charge is -2.03. The van der Waals surface area contributed by atoms with Crippen molar-refractivity contribution in [2.75, 3.05) is 12.4 Å². The highest BCUT2D eigenvalue weighted by atomic mass is 32.2. The lowest BCUT2D eigenvalue weighted by Crippen LogP contribution is -2.01. The minimum absolute atomic E-state index is 0.156. The molecule has 2 N–H and O–H groups in total. The van der Waals surface area contributed by atoms with E-state index in [-0.39, 0.29) is 4.90 Å². The van der Waals surface area contributed by atoms with E-state index in [0.717, 1.165) is 0 Å². The maximum atomic E-state index is 11.0. The molecule has 0 aliphatic heterocycles. The average Bonchev–Trinajstić information content (AvgIpc) is 2.76. The molecule has 0 saturated carbocycles. The van der Waals surface area contributed by atoms with Gasteiger partial charge >= 0.3 is 0 Å². The molecule has 90 valence electrons. The molecule has 1 aromatic heterocycles. The fourth-order valence-corrected chi connectivity index (χ4v) is 1.91. The predicted molar refractivity (Wildman–Crippen MR) is 62.9 cm³/mol. The fraction of sp³-hybridized carbons (Fsp3) is 0.100. The summed E-state index contributed by atoms with van der Waals surface area (Å²) in [5.41, 5.74) is 0.557. The average molecular weight is 253 g/mol. The highest BCUT2D eigenvalue weighted by Crippen LogP contribution is 2.15. The van der Waals surface area contributed by atoms with Crippen LogP contribution in [-0.2, 0) is 10.1 Å². The minimum Gasteiger partial charge on any atom is -0.372 e. The first kappa shape index (κ1) is 11.6. The molecule has 0 aliphatic carbocycles. The first-order chi connectivity index (χ1) is 8.00. The van der Waals surface area contributed by atoms with Crippen LogP contribution in [0.25, 0.3) is 5.69 Å².